The summed E-state index contributed by atoms with van der Waals surface area (Å²) in [6.07, 6.45) is 0.315. The first-order valence-electron chi connectivity index (χ1n) is 10.9. The molecule has 0 heterocycles. The van der Waals surface area contributed by atoms with Crippen LogP contribution in [0.25, 0.3) is 0 Å². The molecule has 1 aliphatic rings. The molecular formula is C27H22O8. The Bertz CT molecular complexity index is 1320. The summed E-state index contributed by atoms with van der Waals surface area (Å²) < 4.78 is 10.2. The van der Waals surface area contributed by atoms with Crippen molar-refractivity contribution in [3.05, 3.63) is 82.4 Å². The lowest BCUT2D eigenvalue weighted by Gasteiger charge is -2.27. The molecule has 3 aromatic rings. The van der Waals surface area contributed by atoms with Crippen LogP contribution in [0.3, 0.4) is 0 Å². The number of phenolic OH excluding ortho intramolecular Hbond substituents is 2. The van der Waals surface area contributed by atoms with E-state index in [1.54, 1.807) is 30.3 Å². The minimum atomic E-state index is -0.856. The fourth-order valence-electron chi connectivity index (χ4n) is 4.32. The summed E-state index contributed by atoms with van der Waals surface area (Å²) in [5.74, 6) is -3.16. The number of hydrogen-bond acceptors (Lipinski definition) is 8. The number of Topliss-reactive ketones (excluding diaryl/α,β-unsaturated/α-hetero) is 1. The second-order valence-corrected chi connectivity index (χ2v) is 8.18. The maximum atomic E-state index is 13.5. The SMILES string of the molecule is CC(=O)Oc1ccc(CCC(=O)C2c3cccc(O)c3C(=O)c3c(O)cccc32)cc1OC(C)=O. The van der Waals surface area contributed by atoms with E-state index in [-0.39, 0.29) is 52.7 Å². The maximum absolute atomic E-state index is 13.5. The van der Waals surface area contributed by atoms with Crippen molar-refractivity contribution >= 4 is 23.5 Å². The van der Waals surface area contributed by atoms with E-state index >= 15 is 0 Å². The highest BCUT2D eigenvalue weighted by atomic mass is 16.6. The Balaban J connectivity index is 1.65. The van der Waals surface area contributed by atoms with E-state index in [0.717, 1.165) is 0 Å². The molecule has 2 N–H and O–H groups in total. The summed E-state index contributed by atoms with van der Waals surface area (Å²) in [7, 11) is 0. The molecule has 4 rings (SSSR count). The fraction of sp³-hybridized carbons (Fsp3) is 0.185. The molecule has 0 amide bonds. The van der Waals surface area contributed by atoms with E-state index in [1.807, 2.05) is 0 Å². The average Bonchev–Trinajstić information content (AvgIpc) is 2.78. The van der Waals surface area contributed by atoms with E-state index in [2.05, 4.69) is 0 Å². The minimum absolute atomic E-state index is 0.00253. The molecule has 0 radical (unpaired) electrons. The molecule has 0 aromatic heterocycles. The molecule has 0 unspecified atom stereocenters. The van der Waals surface area contributed by atoms with Crippen LogP contribution < -0.4 is 9.47 Å². The van der Waals surface area contributed by atoms with Gasteiger partial charge in [-0.2, -0.15) is 0 Å². The summed E-state index contributed by atoms with van der Waals surface area (Å²) in [5, 5.41) is 20.7. The smallest absolute Gasteiger partial charge is 0.308 e. The summed E-state index contributed by atoms with van der Waals surface area (Å²) in [4.78, 5) is 49.3. The van der Waals surface area contributed by atoms with Crippen molar-refractivity contribution in [3.63, 3.8) is 0 Å². The average molecular weight is 474 g/mol. The standard InChI is InChI=1S/C27H22O8/c1-14(28)34-22-12-10-16(13-23(22)35-15(2)29)9-11-21(32)24-17-5-3-7-19(30)25(17)27(33)26-18(24)6-4-8-20(26)31/h3-8,10,12-13,24,30-31H,9,11H2,1-2H3. The van der Waals surface area contributed by atoms with E-state index in [0.29, 0.717) is 16.7 Å². The quantitative estimate of drug-likeness (QED) is 0.408. The predicted octanol–water partition coefficient (Wildman–Crippen LogP) is 3.83. The highest BCUT2D eigenvalue weighted by Gasteiger charge is 2.38. The monoisotopic (exact) mass is 474 g/mol. The lowest BCUT2D eigenvalue weighted by molar-refractivity contribution is -0.134. The van der Waals surface area contributed by atoms with Gasteiger partial charge in [0.15, 0.2) is 11.5 Å². The lowest BCUT2D eigenvalue weighted by atomic mass is 9.74. The third-order valence-corrected chi connectivity index (χ3v) is 5.72. The molecule has 8 heteroatoms. The van der Waals surface area contributed by atoms with E-state index in [1.165, 1.54) is 38.1 Å². The van der Waals surface area contributed by atoms with Crippen LogP contribution in [0.4, 0.5) is 0 Å². The number of ether oxygens (including phenoxy) is 2. The zero-order valence-electron chi connectivity index (χ0n) is 19.0. The molecule has 35 heavy (non-hydrogen) atoms. The molecule has 0 saturated carbocycles. The van der Waals surface area contributed by atoms with Crippen molar-refractivity contribution in [1.82, 2.24) is 0 Å². The molecule has 0 atom stereocenters. The second-order valence-electron chi connectivity index (χ2n) is 8.18. The topological polar surface area (TPSA) is 127 Å². The Hall–Kier alpha value is -4.46. The van der Waals surface area contributed by atoms with Gasteiger partial charge in [0.2, 0.25) is 5.78 Å². The number of carbonyl (C=O) groups is 4. The first kappa shape index (κ1) is 23.7. The number of hydrogen-bond donors (Lipinski definition) is 2. The molecule has 0 aliphatic heterocycles. The number of aromatic hydroxyl groups is 2. The largest absolute Gasteiger partial charge is 0.507 e. The predicted molar refractivity (Wildman–Crippen MR) is 124 cm³/mol. The first-order chi connectivity index (χ1) is 16.7. The van der Waals surface area contributed by atoms with Gasteiger partial charge in [-0.25, -0.2) is 0 Å². The zero-order valence-corrected chi connectivity index (χ0v) is 19.0. The summed E-state index contributed by atoms with van der Waals surface area (Å²) in [5.41, 5.74) is 1.42. The van der Waals surface area contributed by atoms with Crippen LogP contribution in [-0.2, 0) is 20.8 Å². The summed E-state index contributed by atoms with van der Waals surface area (Å²) in [6.45, 7) is 2.45. The summed E-state index contributed by atoms with van der Waals surface area (Å²) in [6, 6.07) is 13.8. The zero-order chi connectivity index (χ0) is 25.3. The second kappa shape index (κ2) is 9.42. The van der Waals surface area contributed by atoms with Crippen LogP contribution >= 0.6 is 0 Å². The number of fused-ring (bicyclic) bond motifs is 2. The number of aryl methyl sites for hydroxylation is 1. The van der Waals surface area contributed by atoms with Gasteiger partial charge in [-0.1, -0.05) is 30.3 Å². The van der Waals surface area contributed by atoms with Crippen LogP contribution in [0.15, 0.2) is 54.6 Å². The van der Waals surface area contributed by atoms with E-state index in [4.69, 9.17) is 9.47 Å². The van der Waals surface area contributed by atoms with Gasteiger partial charge in [0.1, 0.15) is 17.3 Å². The lowest BCUT2D eigenvalue weighted by Crippen LogP contribution is -2.25. The minimum Gasteiger partial charge on any atom is -0.507 e. The van der Waals surface area contributed by atoms with Crippen LogP contribution in [-0.4, -0.2) is 33.7 Å². The normalized spacial score (nSPS) is 12.5. The summed E-state index contributed by atoms with van der Waals surface area (Å²) >= 11 is 0. The first-order valence-corrected chi connectivity index (χ1v) is 10.9. The third kappa shape index (κ3) is 4.63. The van der Waals surface area contributed by atoms with Gasteiger partial charge in [0.05, 0.1) is 17.0 Å². The van der Waals surface area contributed by atoms with Gasteiger partial charge >= 0.3 is 11.9 Å². The van der Waals surface area contributed by atoms with Gasteiger partial charge in [-0.3, -0.25) is 19.2 Å². The van der Waals surface area contributed by atoms with Gasteiger partial charge in [-0.05, 0) is 47.4 Å². The molecule has 1 aliphatic carbocycles. The van der Waals surface area contributed by atoms with Crippen LogP contribution in [0.5, 0.6) is 23.0 Å². The molecule has 0 spiro atoms. The number of rotatable bonds is 6. The van der Waals surface area contributed by atoms with Crippen molar-refractivity contribution in [1.29, 1.82) is 0 Å². The number of benzene rings is 3. The van der Waals surface area contributed by atoms with Crippen molar-refractivity contribution in [2.75, 3.05) is 0 Å². The number of carbonyl (C=O) groups excluding carboxylic acids is 4. The molecule has 178 valence electrons. The Morgan fingerprint density at radius 1 is 0.800 bits per heavy atom. The van der Waals surface area contributed by atoms with Crippen LogP contribution in [0.1, 0.15) is 58.8 Å². The van der Waals surface area contributed by atoms with Crippen LogP contribution in [0, 0.1) is 0 Å². The van der Waals surface area contributed by atoms with Gasteiger partial charge < -0.3 is 19.7 Å². The highest BCUT2D eigenvalue weighted by Crippen LogP contribution is 2.43. The van der Waals surface area contributed by atoms with Crippen molar-refractivity contribution in [2.24, 2.45) is 0 Å². The Morgan fingerprint density at radius 2 is 1.34 bits per heavy atom. The molecule has 0 fully saturated rings. The number of ketones is 2. The van der Waals surface area contributed by atoms with E-state index in [9.17, 15) is 29.4 Å². The Labute approximate surface area is 200 Å². The molecule has 0 bridgehead atoms. The molecule has 3 aromatic carbocycles. The van der Waals surface area contributed by atoms with Crippen LogP contribution in [0.2, 0.25) is 0 Å². The Morgan fingerprint density at radius 3 is 1.89 bits per heavy atom. The Kier molecular flexibility index (Phi) is 6.38. The third-order valence-electron chi connectivity index (χ3n) is 5.72. The highest BCUT2D eigenvalue weighted by molar-refractivity contribution is 6.18. The molecule has 0 saturated heterocycles. The van der Waals surface area contributed by atoms with Crippen molar-refractivity contribution < 1.29 is 38.9 Å². The fourth-order valence-corrected chi connectivity index (χ4v) is 4.32. The number of phenols is 2. The molecular weight excluding hydrogens is 452 g/mol. The maximum Gasteiger partial charge on any atom is 0.308 e. The van der Waals surface area contributed by atoms with Gasteiger partial charge in [0, 0.05) is 20.3 Å². The van der Waals surface area contributed by atoms with Gasteiger partial charge in [-0.15, -0.1) is 0 Å². The molecule has 8 nitrogen and oxygen atoms in total. The van der Waals surface area contributed by atoms with Gasteiger partial charge in [0.25, 0.3) is 0 Å². The van der Waals surface area contributed by atoms with Crippen molar-refractivity contribution in [2.45, 2.75) is 32.6 Å². The van der Waals surface area contributed by atoms with E-state index < -0.39 is 23.6 Å². The van der Waals surface area contributed by atoms with Crippen molar-refractivity contribution in [3.8, 4) is 23.0 Å². The number of esters is 2.